The molecule has 0 fully saturated rings. The summed E-state index contributed by atoms with van der Waals surface area (Å²) in [6.45, 7) is 4.85. The molecule has 0 radical (unpaired) electrons. The smallest absolute Gasteiger partial charge is 0.338 e. The zero-order chi connectivity index (χ0) is 19.5. The molecule has 0 atom stereocenters. The lowest BCUT2D eigenvalue weighted by atomic mass is 10.1. The van der Waals surface area contributed by atoms with E-state index in [4.69, 9.17) is 4.74 Å². The fourth-order valence-electron chi connectivity index (χ4n) is 2.16. The van der Waals surface area contributed by atoms with Crippen LogP contribution in [0.1, 0.15) is 50.4 Å². The average molecular weight is 363 g/mol. The normalized spacial score (nSPS) is 9.96. The molecule has 0 aliphatic carbocycles. The molecule has 0 saturated heterocycles. The number of carbonyl (C=O) groups is 4. The third-order valence-electron chi connectivity index (χ3n) is 3.25. The van der Waals surface area contributed by atoms with Gasteiger partial charge >= 0.3 is 5.97 Å². The monoisotopic (exact) mass is 363 g/mol. The van der Waals surface area contributed by atoms with Crippen LogP contribution in [0.25, 0.3) is 0 Å². The zero-order valence-corrected chi connectivity index (χ0v) is 15.3. The lowest BCUT2D eigenvalue weighted by Crippen LogP contribution is -2.29. The van der Waals surface area contributed by atoms with Gasteiger partial charge in [0.25, 0.3) is 5.91 Å². The van der Waals surface area contributed by atoms with Crippen molar-refractivity contribution in [3.63, 3.8) is 0 Å². The number of esters is 1. The molecule has 0 heterocycles. The van der Waals surface area contributed by atoms with Crippen LogP contribution in [0, 0.1) is 0 Å². The first-order chi connectivity index (χ1) is 12.3. The van der Waals surface area contributed by atoms with E-state index in [9.17, 15) is 19.2 Å². The molecule has 8 heteroatoms. The molecule has 0 unspecified atom stereocenters. The lowest BCUT2D eigenvalue weighted by molar-refractivity contribution is -0.124. The standard InChI is InChI=1S/C18H25N3O5/c1-4-5-6-7-19-17(24)11-26-18(25)14-8-15(20-12(2)22)10-16(9-14)21-13(3)23/h8-10H,4-7,11H2,1-3H3,(H,19,24)(H,20,22)(H,21,23). The molecule has 26 heavy (non-hydrogen) atoms. The Morgan fingerprint density at radius 3 is 2.00 bits per heavy atom. The van der Waals surface area contributed by atoms with E-state index in [-0.39, 0.29) is 23.3 Å². The maximum atomic E-state index is 12.2. The van der Waals surface area contributed by atoms with Crippen LogP contribution in [-0.4, -0.2) is 36.8 Å². The summed E-state index contributed by atoms with van der Waals surface area (Å²) in [5.41, 5.74) is 0.776. The highest BCUT2D eigenvalue weighted by Gasteiger charge is 2.13. The van der Waals surface area contributed by atoms with Crippen LogP contribution in [0.5, 0.6) is 0 Å². The Labute approximate surface area is 152 Å². The summed E-state index contributed by atoms with van der Waals surface area (Å²) in [5, 5.41) is 7.75. The van der Waals surface area contributed by atoms with E-state index in [1.54, 1.807) is 0 Å². The van der Waals surface area contributed by atoms with Crippen LogP contribution >= 0.6 is 0 Å². The molecule has 0 bridgehead atoms. The Balaban J connectivity index is 2.72. The number of rotatable bonds is 9. The molecular weight excluding hydrogens is 338 g/mol. The second-order valence-electron chi connectivity index (χ2n) is 5.79. The van der Waals surface area contributed by atoms with Gasteiger partial charge in [0.2, 0.25) is 11.8 Å². The number of anilines is 2. The Morgan fingerprint density at radius 2 is 1.50 bits per heavy atom. The second kappa shape index (κ2) is 10.9. The predicted molar refractivity (Wildman–Crippen MR) is 97.9 cm³/mol. The van der Waals surface area contributed by atoms with Gasteiger partial charge in [-0.25, -0.2) is 4.79 Å². The van der Waals surface area contributed by atoms with Crippen molar-refractivity contribution in [2.45, 2.75) is 40.0 Å². The van der Waals surface area contributed by atoms with Gasteiger partial charge in [-0.15, -0.1) is 0 Å². The fraction of sp³-hybridized carbons (Fsp3) is 0.444. The first-order valence-corrected chi connectivity index (χ1v) is 8.46. The van der Waals surface area contributed by atoms with Gasteiger partial charge in [-0.2, -0.15) is 0 Å². The van der Waals surface area contributed by atoms with Crippen molar-refractivity contribution >= 4 is 35.1 Å². The highest BCUT2D eigenvalue weighted by atomic mass is 16.5. The Hall–Kier alpha value is -2.90. The molecule has 0 saturated carbocycles. The van der Waals surface area contributed by atoms with Gasteiger partial charge in [-0.1, -0.05) is 19.8 Å². The van der Waals surface area contributed by atoms with Crippen molar-refractivity contribution in [3.05, 3.63) is 23.8 Å². The highest BCUT2D eigenvalue weighted by Crippen LogP contribution is 2.20. The second-order valence-corrected chi connectivity index (χ2v) is 5.79. The van der Waals surface area contributed by atoms with Crippen molar-refractivity contribution in [1.82, 2.24) is 5.32 Å². The molecule has 8 nitrogen and oxygen atoms in total. The van der Waals surface area contributed by atoms with Crippen molar-refractivity contribution in [2.75, 3.05) is 23.8 Å². The van der Waals surface area contributed by atoms with Gasteiger partial charge in [0.15, 0.2) is 6.61 Å². The summed E-state index contributed by atoms with van der Waals surface area (Å²) in [6, 6.07) is 4.34. The molecule has 1 rings (SSSR count). The van der Waals surface area contributed by atoms with Gasteiger partial charge in [0.1, 0.15) is 0 Å². The van der Waals surface area contributed by atoms with Gasteiger partial charge < -0.3 is 20.7 Å². The third-order valence-corrected chi connectivity index (χ3v) is 3.25. The average Bonchev–Trinajstić information content (AvgIpc) is 2.55. The van der Waals surface area contributed by atoms with Crippen molar-refractivity contribution in [3.8, 4) is 0 Å². The number of carbonyl (C=O) groups excluding carboxylic acids is 4. The molecule has 1 aromatic carbocycles. The topological polar surface area (TPSA) is 114 Å². The number of amides is 3. The summed E-state index contributed by atoms with van der Waals surface area (Å²) >= 11 is 0. The largest absolute Gasteiger partial charge is 0.452 e. The van der Waals surface area contributed by atoms with Gasteiger partial charge in [-0.3, -0.25) is 14.4 Å². The molecule has 0 spiro atoms. The summed E-state index contributed by atoms with van der Waals surface area (Å²) in [6.07, 6.45) is 2.93. The Bertz CT molecular complexity index is 639. The van der Waals surface area contributed by atoms with E-state index < -0.39 is 12.6 Å². The van der Waals surface area contributed by atoms with E-state index in [1.807, 2.05) is 0 Å². The summed E-state index contributed by atoms with van der Waals surface area (Å²) in [7, 11) is 0. The van der Waals surface area contributed by atoms with Crippen LogP contribution in [-0.2, 0) is 19.1 Å². The molecule has 142 valence electrons. The predicted octanol–water partition coefficient (Wildman–Crippen LogP) is 2.07. The van der Waals surface area contributed by atoms with E-state index in [1.165, 1.54) is 32.0 Å². The van der Waals surface area contributed by atoms with Crippen LogP contribution in [0.2, 0.25) is 0 Å². The zero-order valence-electron chi connectivity index (χ0n) is 15.3. The van der Waals surface area contributed by atoms with E-state index in [0.29, 0.717) is 17.9 Å². The van der Waals surface area contributed by atoms with Crippen LogP contribution in [0.15, 0.2) is 18.2 Å². The molecular formula is C18H25N3O5. The van der Waals surface area contributed by atoms with E-state index in [2.05, 4.69) is 22.9 Å². The van der Waals surface area contributed by atoms with Crippen LogP contribution in [0.3, 0.4) is 0 Å². The number of ether oxygens (including phenoxy) is 1. The maximum absolute atomic E-state index is 12.2. The van der Waals surface area contributed by atoms with Gasteiger partial charge in [-0.05, 0) is 24.6 Å². The number of unbranched alkanes of at least 4 members (excludes halogenated alkanes) is 2. The SMILES string of the molecule is CCCCCNC(=O)COC(=O)c1cc(NC(C)=O)cc(NC(C)=O)c1. The number of hydrogen-bond acceptors (Lipinski definition) is 5. The maximum Gasteiger partial charge on any atom is 0.338 e. The minimum Gasteiger partial charge on any atom is -0.452 e. The minimum atomic E-state index is -0.729. The van der Waals surface area contributed by atoms with Gasteiger partial charge in [0, 0.05) is 31.8 Å². The van der Waals surface area contributed by atoms with Crippen molar-refractivity contribution in [2.24, 2.45) is 0 Å². The first kappa shape index (κ1) is 21.1. The molecule has 3 N–H and O–H groups in total. The molecule has 0 aromatic heterocycles. The van der Waals surface area contributed by atoms with Crippen LogP contribution < -0.4 is 16.0 Å². The van der Waals surface area contributed by atoms with Gasteiger partial charge in [0.05, 0.1) is 5.56 Å². The lowest BCUT2D eigenvalue weighted by Gasteiger charge is -2.11. The number of hydrogen-bond donors (Lipinski definition) is 3. The van der Waals surface area contributed by atoms with E-state index >= 15 is 0 Å². The number of benzene rings is 1. The number of nitrogens with one attached hydrogen (secondary N) is 3. The third kappa shape index (κ3) is 8.27. The molecule has 1 aromatic rings. The molecule has 0 aliphatic heterocycles. The van der Waals surface area contributed by atoms with Crippen molar-refractivity contribution < 1.29 is 23.9 Å². The first-order valence-electron chi connectivity index (χ1n) is 8.46. The minimum absolute atomic E-state index is 0.110. The Kier molecular flexibility index (Phi) is 8.83. The summed E-state index contributed by atoms with van der Waals surface area (Å²) in [4.78, 5) is 46.3. The highest BCUT2D eigenvalue weighted by molar-refractivity contribution is 5.98. The fourth-order valence-corrected chi connectivity index (χ4v) is 2.16. The quantitative estimate of drug-likeness (QED) is 0.459. The molecule has 0 aliphatic rings. The van der Waals surface area contributed by atoms with E-state index in [0.717, 1.165) is 19.3 Å². The van der Waals surface area contributed by atoms with Crippen LogP contribution in [0.4, 0.5) is 11.4 Å². The van der Waals surface area contributed by atoms with Crippen molar-refractivity contribution in [1.29, 1.82) is 0 Å². The summed E-state index contributed by atoms with van der Waals surface area (Å²) < 4.78 is 4.99. The Morgan fingerprint density at radius 1 is 0.923 bits per heavy atom. The summed E-state index contributed by atoms with van der Waals surface area (Å²) in [5.74, 6) is -1.76. The molecule has 3 amide bonds.